The highest BCUT2D eigenvalue weighted by Gasteiger charge is 2.23. The lowest BCUT2D eigenvalue weighted by atomic mass is 10.1. The van der Waals surface area contributed by atoms with Crippen molar-refractivity contribution in [1.29, 1.82) is 0 Å². The Morgan fingerprint density at radius 3 is 2.88 bits per heavy atom. The third-order valence-corrected chi connectivity index (χ3v) is 5.59. The van der Waals surface area contributed by atoms with Crippen molar-refractivity contribution >= 4 is 0 Å². The van der Waals surface area contributed by atoms with E-state index in [1.807, 2.05) is 6.20 Å². The summed E-state index contributed by atoms with van der Waals surface area (Å²) in [4.78, 5) is 2.58. The average molecular weight is 357 g/mol. The van der Waals surface area contributed by atoms with Gasteiger partial charge in [-0.2, -0.15) is 5.10 Å². The van der Waals surface area contributed by atoms with Gasteiger partial charge in [-0.15, -0.1) is 0 Å². The summed E-state index contributed by atoms with van der Waals surface area (Å²) in [5.74, 6) is 1.50. The molecular weight excluding hydrogens is 324 g/mol. The van der Waals surface area contributed by atoms with E-state index < -0.39 is 0 Å². The number of hydrogen-bond donors (Lipinski definition) is 0. The van der Waals surface area contributed by atoms with Crippen LogP contribution in [0.3, 0.4) is 0 Å². The lowest BCUT2D eigenvalue weighted by Gasteiger charge is -2.23. The van der Waals surface area contributed by atoms with E-state index in [1.165, 1.54) is 24.1 Å². The molecule has 1 aliphatic heterocycles. The third kappa shape index (κ3) is 4.57. The van der Waals surface area contributed by atoms with Gasteiger partial charge in [0.1, 0.15) is 0 Å². The van der Waals surface area contributed by atoms with Gasteiger partial charge in [-0.3, -0.25) is 9.58 Å². The molecule has 4 rings (SSSR count). The molecule has 1 fully saturated rings. The largest absolute Gasteiger partial charge is 0.381 e. The van der Waals surface area contributed by atoms with Crippen LogP contribution in [0.1, 0.15) is 50.4 Å². The van der Waals surface area contributed by atoms with Gasteiger partial charge >= 0.3 is 0 Å². The molecule has 0 spiro atoms. The topological polar surface area (TPSA) is 35.2 Å². The van der Waals surface area contributed by atoms with Crippen LogP contribution >= 0.6 is 0 Å². The zero-order valence-electron chi connectivity index (χ0n) is 16.2. The molecule has 0 unspecified atom stereocenters. The summed E-state index contributed by atoms with van der Waals surface area (Å²) >= 11 is 0. The van der Waals surface area contributed by atoms with E-state index in [9.17, 15) is 0 Å². The molecule has 26 heavy (non-hydrogen) atoms. The van der Waals surface area contributed by atoms with Crippen LogP contribution in [0.25, 0.3) is 0 Å². The van der Waals surface area contributed by atoms with Crippen molar-refractivity contribution in [2.24, 2.45) is 11.8 Å². The van der Waals surface area contributed by atoms with Gasteiger partial charge in [0.05, 0.1) is 6.20 Å². The van der Waals surface area contributed by atoms with Gasteiger partial charge in [-0.25, -0.2) is 0 Å². The Hall–Kier alpha value is -1.59. The molecule has 2 aromatic heterocycles. The van der Waals surface area contributed by atoms with Crippen molar-refractivity contribution in [2.75, 3.05) is 19.8 Å². The maximum Gasteiger partial charge on any atom is 0.0534 e. The smallest absolute Gasteiger partial charge is 0.0534 e. The van der Waals surface area contributed by atoms with Crippen LogP contribution in [0.5, 0.6) is 0 Å². The van der Waals surface area contributed by atoms with E-state index in [4.69, 9.17) is 4.74 Å². The minimum absolute atomic E-state index is 0.418. The molecule has 0 saturated heterocycles. The summed E-state index contributed by atoms with van der Waals surface area (Å²) in [5, 5.41) is 4.51. The molecule has 0 amide bonds. The van der Waals surface area contributed by atoms with E-state index in [2.05, 4.69) is 57.6 Å². The molecule has 0 aromatic carbocycles. The van der Waals surface area contributed by atoms with Crippen molar-refractivity contribution < 1.29 is 4.74 Å². The molecule has 1 saturated carbocycles. The second-order valence-corrected chi connectivity index (χ2v) is 8.42. The monoisotopic (exact) mass is 356 g/mol. The molecule has 0 bridgehead atoms. The lowest BCUT2D eigenvalue weighted by Crippen LogP contribution is -2.28. The van der Waals surface area contributed by atoms with Crippen LogP contribution in [0.15, 0.2) is 30.7 Å². The van der Waals surface area contributed by atoms with Crippen molar-refractivity contribution in [2.45, 2.75) is 58.8 Å². The SMILES string of the molecule is CC(C)n1cc(CN2Cc3cccn3C[C@H](CCOCC3CC3)C2)cn1. The van der Waals surface area contributed by atoms with Gasteiger partial charge in [-0.1, -0.05) is 0 Å². The predicted octanol–water partition coefficient (Wildman–Crippen LogP) is 3.71. The fraction of sp³-hybridized carbons (Fsp3) is 0.667. The van der Waals surface area contributed by atoms with Crippen molar-refractivity contribution in [3.05, 3.63) is 42.0 Å². The third-order valence-electron chi connectivity index (χ3n) is 5.59. The molecule has 3 heterocycles. The Labute approximate surface area is 156 Å². The summed E-state index contributed by atoms with van der Waals surface area (Å²) in [5.41, 5.74) is 2.73. The number of hydrogen-bond acceptors (Lipinski definition) is 3. The van der Waals surface area contributed by atoms with Crippen molar-refractivity contribution in [3.8, 4) is 0 Å². The zero-order valence-corrected chi connectivity index (χ0v) is 16.2. The Bertz CT molecular complexity index is 700. The van der Waals surface area contributed by atoms with Crippen molar-refractivity contribution in [3.63, 3.8) is 0 Å². The van der Waals surface area contributed by atoms with Crippen LogP contribution in [0.4, 0.5) is 0 Å². The van der Waals surface area contributed by atoms with Gasteiger partial charge in [0, 0.05) is 69.1 Å². The van der Waals surface area contributed by atoms with Crippen LogP contribution in [-0.2, 0) is 24.4 Å². The minimum Gasteiger partial charge on any atom is -0.381 e. The molecule has 0 radical (unpaired) electrons. The van der Waals surface area contributed by atoms with Crippen LogP contribution in [0.2, 0.25) is 0 Å². The summed E-state index contributed by atoms with van der Waals surface area (Å²) in [6.07, 6.45) is 10.3. The Morgan fingerprint density at radius 1 is 1.23 bits per heavy atom. The molecular formula is C21H32N4O. The normalized spacial score (nSPS) is 21.1. The summed E-state index contributed by atoms with van der Waals surface area (Å²) < 4.78 is 10.4. The lowest BCUT2D eigenvalue weighted by molar-refractivity contribution is 0.101. The van der Waals surface area contributed by atoms with Gasteiger partial charge in [0.25, 0.3) is 0 Å². The molecule has 142 valence electrons. The first-order valence-electron chi connectivity index (χ1n) is 10.1. The minimum atomic E-state index is 0.418. The van der Waals surface area contributed by atoms with Gasteiger partial charge < -0.3 is 9.30 Å². The Morgan fingerprint density at radius 2 is 2.12 bits per heavy atom. The molecule has 1 aliphatic carbocycles. The van der Waals surface area contributed by atoms with Gasteiger partial charge in [-0.05, 0) is 57.1 Å². The summed E-state index contributed by atoms with van der Waals surface area (Å²) in [7, 11) is 0. The molecule has 5 nitrogen and oxygen atoms in total. The number of aromatic nitrogens is 3. The number of nitrogens with zero attached hydrogens (tertiary/aromatic N) is 4. The fourth-order valence-corrected chi connectivity index (χ4v) is 3.85. The highest BCUT2D eigenvalue weighted by molar-refractivity contribution is 5.10. The van der Waals surface area contributed by atoms with Gasteiger partial charge in [0.2, 0.25) is 0 Å². The molecule has 0 N–H and O–H groups in total. The number of rotatable bonds is 8. The summed E-state index contributed by atoms with van der Waals surface area (Å²) in [6, 6.07) is 4.86. The van der Waals surface area contributed by atoms with Crippen LogP contribution < -0.4 is 0 Å². The molecule has 2 aliphatic rings. The maximum atomic E-state index is 5.91. The zero-order chi connectivity index (χ0) is 17.9. The fourth-order valence-electron chi connectivity index (χ4n) is 3.85. The molecule has 5 heteroatoms. The van der Waals surface area contributed by atoms with E-state index in [-0.39, 0.29) is 0 Å². The number of fused-ring (bicyclic) bond motifs is 1. The second kappa shape index (κ2) is 7.97. The Kier molecular flexibility index (Phi) is 5.46. The first kappa shape index (κ1) is 17.8. The van der Waals surface area contributed by atoms with Crippen LogP contribution in [-0.4, -0.2) is 39.0 Å². The molecule has 1 atom stereocenters. The van der Waals surface area contributed by atoms with E-state index in [1.54, 1.807) is 0 Å². The summed E-state index contributed by atoms with van der Waals surface area (Å²) in [6.45, 7) is 10.4. The molecule has 2 aromatic rings. The van der Waals surface area contributed by atoms with E-state index >= 15 is 0 Å². The first-order chi connectivity index (χ1) is 12.7. The van der Waals surface area contributed by atoms with Gasteiger partial charge in [0.15, 0.2) is 0 Å². The first-order valence-corrected chi connectivity index (χ1v) is 10.1. The van der Waals surface area contributed by atoms with Crippen molar-refractivity contribution in [1.82, 2.24) is 19.2 Å². The maximum absolute atomic E-state index is 5.91. The Balaban J connectivity index is 1.38. The quantitative estimate of drug-likeness (QED) is 0.676. The van der Waals surface area contributed by atoms with E-state index in [0.717, 1.165) is 51.7 Å². The second-order valence-electron chi connectivity index (χ2n) is 8.42. The standard InChI is InChI=1S/C21H32N4O/c1-17(2)25-14-20(10-22-25)12-23-11-19(7-9-26-16-18-5-6-18)13-24-8-3-4-21(24)15-23/h3-4,8,10,14,17-19H,5-7,9,11-13,15-16H2,1-2H3/t19-/m1/s1. The number of ether oxygens (including phenoxy) is 1. The average Bonchev–Trinajstić information content (AvgIpc) is 3.20. The highest BCUT2D eigenvalue weighted by atomic mass is 16.5. The highest BCUT2D eigenvalue weighted by Crippen LogP contribution is 2.29. The van der Waals surface area contributed by atoms with Crippen LogP contribution in [0, 0.1) is 11.8 Å². The predicted molar refractivity (Wildman–Crippen MR) is 103 cm³/mol. The van der Waals surface area contributed by atoms with E-state index in [0.29, 0.717) is 12.0 Å².